The van der Waals surface area contributed by atoms with Gasteiger partial charge in [-0.05, 0) is 48.5 Å². The predicted octanol–water partition coefficient (Wildman–Crippen LogP) is 4.45. The number of hydrogen-bond acceptors (Lipinski definition) is 4. The molecule has 0 spiro atoms. The molecule has 0 saturated carbocycles. The van der Waals surface area contributed by atoms with Crippen LogP contribution < -0.4 is 21.1 Å². The summed E-state index contributed by atoms with van der Waals surface area (Å²) in [6.07, 6.45) is -1.50. The topological polar surface area (TPSA) is 105 Å². The van der Waals surface area contributed by atoms with Crippen LogP contribution >= 0.6 is 0 Å². The average molecular weight is 496 g/mol. The first kappa shape index (κ1) is 24.3. The Balaban J connectivity index is 1.42. The van der Waals surface area contributed by atoms with Gasteiger partial charge in [-0.1, -0.05) is 24.3 Å². The lowest BCUT2D eigenvalue weighted by Gasteiger charge is -2.13. The Hall–Kier alpha value is -4.80. The number of carbonyl (C=O) groups excluding carboxylic acids is 2. The molecule has 184 valence electrons. The highest BCUT2D eigenvalue weighted by Crippen LogP contribution is 2.30. The first-order valence-corrected chi connectivity index (χ1v) is 10.6. The van der Waals surface area contributed by atoms with Crippen LogP contribution in [0.1, 0.15) is 15.9 Å². The molecule has 1 heterocycles. The molecule has 0 fully saturated rings. The molecule has 8 nitrogen and oxygen atoms in total. The fraction of sp³-hybridized carbons (Fsp3) is 0.0800. The van der Waals surface area contributed by atoms with Gasteiger partial charge >= 0.3 is 11.9 Å². The Morgan fingerprint density at radius 3 is 2.36 bits per heavy atom. The van der Waals surface area contributed by atoms with Crippen molar-refractivity contribution in [2.45, 2.75) is 6.18 Å². The maximum atomic E-state index is 12.9. The van der Waals surface area contributed by atoms with Crippen LogP contribution in [0.15, 0.2) is 90.0 Å². The monoisotopic (exact) mass is 496 g/mol. The van der Waals surface area contributed by atoms with Crippen LogP contribution in [0.25, 0.3) is 5.69 Å². The van der Waals surface area contributed by atoms with E-state index in [0.29, 0.717) is 11.4 Å². The second kappa shape index (κ2) is 10.2. The van der Waals surface area contributed by atoms with E-state index in [-0.39, 0.29) is 22.7 Å². The van der Waals surface area contributed by atoms with E-state index in [1.54, 1.807) is 42.6 Å². The minimum Gasteiger partial charge on any atom is -0.483 e. The highest BCUT2D eigenvalue weighted by atomic mass is 19.4. The summed E-state index contributed by atoms with van der Waals surface area (Å²) in [5.74, 6) is -1.12. The Morgan fingerprint density at radius 2 is 1.64 bits per heavy atom. The number of benzene rings is 3. The van der Waals surface area contributed by atoms with Crippen molar-refractivity contribution in [1.29, 1.82) is 0 Å². The molecule has 0 atom stereocenters. The number of H-pyrrole nitrogens is 1. The third kappa shape index (κ3) is 5.81. The molecule has 0 unspecified atom stereocenters. The van der Waals surface area contributed by atoms with Gasteiger partial charge in [-0.25, -0.2) is 4.79 Å². The lowest BCUT2D eigenvalue weighted by Crippen LogP contribution is -2.22. The lowest BCUT2D eigenvalue weighted by atomic mass is 10.1. The van der Waals surface area contributed by atoms with Crippen molar-refractivity contribution in [3.05, 3.63) is 107 Å². The number of anilines is 2. The summed E-state index contributed by atoms with van der Waals surface area (Å²) < 4.78 is 45.5. The number of hydrogen-bond donors (Lipinski definition) is 3. The number of ether oxygens (including phenoxy) is 1. The third-order valence-electron chi connectivity index (χ3n) is 5.00. The number of alkyl halides is 3. The average Bonchev–Trinajstić information content (AvgIpc) is 3.28. The number of imidazole rings is 1. The zero-order chi connectivity index (χ0) is 25.7. The van der Waals surface area contributed by atoms with E-state index in [4.69, 9.17) is 4.74 Å². The van der Waals surface area contributed by atoms with Gasteiger partial charge in [0.1, 0.15) is 5.75 Å². The minimum atomic E-state index is -4.54. The number of rotatable bonds is 7. The quantitative estimate of drug-likeness (QED) is 0.352. The summed E-state index contributed by atoms with van der Waals surface area (Å²) in [6.45, 7) is -0.535. The van der Waals surface area contributed by atoms with Crippen molar-refractivity contribution in [3.63, 3.8) is 0 Å². The summed E-state index contributed by atoms with van der Waals surface area (Å²) in [4.78, 5) is 39.5. The zero-order valence-electron chi connectivity index (χ0n) is 18.5. The van der Waals surface area contributed by atoms with Crippen molar-refractivity contribution >= 4 is 23.2 Å². The van der Waals surface area contributed by atoms with Crippen LogP contribution in [0.2, 0.25) is 0 Å². The number of amides is 2. The Bertz CT molecular complexity index is 1460. The van der Waals surface area contributed by atoms with E-state index in [1.807, 2.05) is 0 Å². The molecule has 0 bridgehead atoms. The van der Waals surface area contributed by atoms with Crippen LogP contribution in [0.3, 0.4) is 0 Å². The predicted molar refractivity (Wildman–Crippen MR) is 126 cm³/mol. The van der Waals surface area contributed by atoms with E-state index in [1.165, 1.54) is 35.0 Å². The zero-order valence-corrected chi connectivity index (χ0v) is 18.5. The van der Waals surface area contributed by atoms with E-state index in [9.17, 15) is 27.6 Å². The summed E-state index contributed by atoms with van der Waals surface area (Å²) in [6, 6.07) is 17.0. The second-order valence-corrected chi connectivity index (χ2v) is 7.55. The molecule has 0 saturated heterocycles. The molecule has 0 aliphatic carbocycles. The van der Waals surface area contributed by atoms with Crippen molar-refractivity contribution in [3.8, 4) is 11.4 Å². The van der Waals surface area contributed by atoms with Gasteiger partial charge < -0.3 is 20.4 Å². The summed E-state index contributed by atoms with van der Waals surface area (Å²) in [5.41, 5.74) is -0.175. The highest BCUT2D eigenvalue weighted by molar-refractivity contribution is 6.06. The molecule has 4 aromatic rings. The minimum absolute atomic E-state index is 0.0362. The van der Waals surface area contributed by atoms with Crippen molar-refractivity contribution < 1.29 is 27.5 Å². The largest absolute Gasteiger partial charge is 0.483 e. The van der Waals surface area contributed by atoms with Crippen molar-refractivity contribution in [1.82, 2.24) is 9.55 Å². The highest BCUT2D eigenvalue weighted by Gasteiger charge is 2.30. The smallest absolute Gasteiger partial charge is 0.416 e. The van der Waals surface area contributed by atoms with Gasteiger partial charge in [-0.15, -0.1) is 0 Å². The molecule has 4 rings (SSSR count). The maximum Gasteiger partial charge on any atom is 0.416 e. The number of nitrogens with zero attached hydrogens (tertiary/aromatic N) is 1. The lowest BCUT2D eigenvalue weighted by molar-refractivity contribution is -0.137. The van der Waals surface area contributed by atoms with E-state index in [2.05, 4.69) is 15.6 Å². The molecule has 36 heavy (non-hydrogen) atoms. The standard InChI is InChI=1S/C25H19F3N4O4/c26-25(27,28)16-5-3-6-17(13-16)30-22(33)15-36-21-10-2-1-9-20(21)23(34)31-18-7-4-8-19(14-18)32-12-11-29-24(32)35/h1-14H,15H2,(H,29,35)(H,30,33)(H,31,34). The summed E-state index contributed by atoms with van der Waals surface area (Å²) in [7, 11) is 0. The number of para-hydroxylation sites is 1. The van der Waals surface area contributed by atoms with Gasteiger partial charge in [-0.2, -0.15) is 13.2 Å². The van der Waals surface area contributed by atoms with Crippen LogP contribution in [0.4, 0.5) is 24.5 Å². The number of carbonyl (C=O) groups is 2. The van der Waals surface area contributed by atoms with Crippen LogP contribution in [-0.4, -0.2) is 28.0 Å². The van der Waals surface area contributed by atoms with E-state index >= 15 is 0 Å². The third-order valence-corrected chi connectivity index (χ3v) is 5.00. The molecule has 1 aromatic heterocycles. The molecule has 3 aromatic carbocycles. The van der Waals surface area contributed by atoms with Gasteiger partial charge in [0.05, 0.1) is 16.8 Å². The Morgan fingerprint density at radius 1 is 0.917 bits per heavy atom. The first-order chi connectivity index (χ1) is 17.2. The van der Waals surface area contributed by atoms with E-state index in [0.717, 1.165) is 12.1 Å². The number of aromatic nitrogens is 2. The van der Waals surface area contributed by atoms with E-state index < -0.39 is 30.2 Å². The first-order valence-electron chi connectivity index (χ1n) is 10.6. The SMILES string of the molecule is O=C(COc1ccccc1C(=O)Nc1cccc(-n2cc[nH]c2=O)c1)Nc1cccc(C(F)(F)F)c1. The second-order valence-electron chi connectivity index (χ2n) is 7.55. The van der Waals surface area contributed by atoms with Crippen LogP contribution in [0.5, 0.6) is 5.75 Å². The molecular weight excluding hydrogens is 477 g/mol. The molecular formula is C25H19F3N4O4. The van der Waals surface area contributed by atoms with Gasteiger partial charge in [0.25, 0.3) is 11.8 Å². The van der Waals surface area contributed by atoms with Gasteiger partial charge in [-0.3, -0.25) is 14.2 Å². The molecule has 2 amide bonds. The number of nitrogens with one attached hydrogen (secondary N) is 3. The van der Waals surface area contributed by atoms with Gasteiger partial charge in [0.2, 0.25) is 0 Å². The Kier molecular flexibility index (Phi) is 6.91. The summed E-state index contributed by atoms with van der Waals surface area (Å²) >= 11 is 0. The maximum absolute atomic E-state index is 12.9. The number of aromatic amines is 1. The summed E-state index contributed by atoms with van der Waals surface area (Å²) in [5, 5.41) is 5.06. The molecule has 0 aliphatic heterocycles. The Labute approximate surface area is 202 Å². The van der Waals surface area contributed by atoms with Crippen LogP contribution in [0, 0.1) is 0 Å². The van der Waals surface area contributed by atoms with Gasteiger partial charge in [0, 0.05) is 23.8 Å². The van der Waals surface area contributed by atoms with Crippen LogP contribution in [-0.2, 0) is 11.0 Å². The molecule has 0 radical (unpaired) electrons. The fourth-order valence-corrected chi connectivity index (χ4v) is 3.35. The molecule has 11 heteroatoms. The fourth-order valence-electron chi connectivity index (χ4n) is 3.35. The van der Waals surface area contributed by atoms with Crippen molar-refractivity contribution in [2.24, 2.45) is 0 Å². The molecule has 0 aliphatic rings. The van der Waals surface area contributed by atoms with Gasteiger partial charge in [0.15, 0.2) is 6.61 Å². The normalized spacial score (nSPS) is 11.1. The molecule has 3 N–H and O–H groups in total. The number of halogens is 3. The van der Waals surface area contributed by atoms with Crippen molar-refractivity contribution in [2.75, 3.05) is 17.2 Å².